The highest BCUT2D eigenvalue weighted by atomic mass is 16.5. The van der Waals surface area contributed by atoms with Gasteiger partial charge in [0.25, 0.3) is 0 Å². The summed E-state index contributed by atoms with van der Waals surface area (Å²) in [4.78, 5) is 12.0. The molecule has 0 aliphatic carbocycles. The van der Waals surface area contributed by atoms with Crippen LogP contribution < -0.4 is 14.2 Å². The Morgan fingerprint density at radius 2 is 1.72 bits per heavy atom. The molecule has 2 aromatic carbocycles. The lowest BCUT2D eigenvalue weighted by atomic mass is 10.1. The third-order valence-electron chi connectivity index (χ3n) is 4.12. The van der Waals surface area contributed by atoms with Gasteiger partial charge < -0.3 is 23.5 Å². The van der Waals surface area contributed by atoms with Gasteiger partial charge in [-0.15, -0.1) is 0 Å². The van der Waals surface area contributed by atoms with E-state index in [9.17, 15) is 4.79 Å². The van der Waals surface area contributed by atoms with E-state index in [-0.39, 0.29) is 6.61 Å². The molecule has 0 saturated heterocycles. The molecule has 0 aliphatic rings. The fourth-order valence-electron chi connectivity index (χ4n) is 2.59. The molecule has 0 fully saturated rings. The monoisotopic (exact) mass is 395 g/mol. The van der Waals surface area contributed by atoms with Crippen molar-refractivity contribution in [3.63, 3.8) is 0 Å². The smallest absolute Gasteiger partial charge is 0.331 e. The molecule has 150 valence electrons. The predicted molar refractivity (Wildman–Crippen MR) is 107 cm³/mol. The van der Waals surface area contributed by atoms with Gasteiger partial charge in [-0.2, -0.15) is 0 Å². The minimum Gasteiger partial charge on any atom is -0.497 e. The molecule has 0 spiro atoms. The lowest BCUT2D eigenvalue weighted by Gasteiger charge is -2.07. The van der Waals surface area contributed by atoms with Crippen molar-refractivity contribution in [2.24, 2.45) is 0 Å². The molecule has 0 unspecified atom stereocenters. The fraction of sp³-hybridized carbons (Fsp3) is 0.182. The van der Waals surface area contributed by atoms with Crippen LogP contribution in [-0.4, -0.2) is 32.5 Å². The Morgan fingerprint density at radius 1 is 0.966 bits per heavy atom. The largest absolute Gasteiger partial charge is 0.497 e. The molecule has 0 radical (unpaired) electrons. The molecule has 7 nitrogen and oxygen atoms in total. The second-order valence-electron chi connectivity index (χ2n) is 5.97. The Balaban J connectivity index is 1.57. The zero-order valence-corrected chi connectivity index (χ0v) is 16.4. The fourth-order valence-corrected chi connectivity index (χ4v) is 2.59. The molecule has 0 amide bonds. The minimum absolute atomic E-state index is 0.00869. The van der Waals surface area contributed by atoms with Gasteiger partial charge in [-0.1, -0.05) is 11.2 Å². The number of aromatic nitrogens is 1. The second kappa shape index (κ2) is 9.45. The SMILES string of the molecule is COc1ccc(-c2cc(COC(=O)/C=C\c3ccc(OC)c(OC)c3)no2)cc1. The Labute approximate surface area is 168 Å². The van der Waals surface area contributed by atoms with Gasteiger partial charge in [-0.25, -0.2) is 4.79 Å². The average molecular weight is 395 g/mol. The molecule has 29 heavy (non-hydrogen) atoms. The van der Waals surface area contributed by atoms with Crippen molar-refractivity contribution >= 4 is 12.0 Å². The maximum atomic E-state index is 12.0. The van der Waals surface area contributed by atoms with Crippen LogP contribution in [0.25, 0.3) is 17.4 Å². The number of esters is 1. The third kappa shape index (κ3) is 5.16. The van der Waals surface area contributed by atoms with Gasteiger partial charge in [0.05, 0.1) is 21.3 Å². The number of rotatable bonds is 8. The van der Waals surface area contributed by atoms with Crippen LogP contribution in [0, 0.1) is 0 Å². The van der Waals surface area contributed by atoms with Gasteiger partial charge in [0, 0.05) is 17.7 Å². The van der Waals surface area contributed by atoms with E-state index in [1.807, 2.05) is 30.3 Å². The van der Waals surface area contributed by atoms with E-state index < -0.39 is 5.97 Å². The van der Waals surface area contributed by atoms with Crippen molar-refractivity contribution in [2.45, 2.75) is 6.61 Å². The molecule has 0 bridgehead atoms. The molecular weight excluding hydrogens is 374 g/mol. The maximum absolute atomic E-state index is 12.0. The molecule has 0 saturated carbocycles. The predicted octanol–water partition coefficient (Wildman–Crippen LogP) is 4.12. The van der Waals surface area contributed by atoms with Crippen molar-refractivity contribution in [1.82, 2.24) is 5.16 Å². The van der Waals surface area contributed by atoms with E-state index in [0.29, 0.717) is 23.0 Å². The van der Waals surface area contributed by atoms with Gasteiger partial charge in [0.2, 0.25) is 0 Å². The zero-order valence-electron chi connectivity index (χ0n) is 16.4. The molecule has 0 atom stereocenters. The number of benzene rings is 2. The maximum Gasteiger partial charge on any atom is 0.331 e. The van der Waals surface area contributed by atoms with Crippen LogP contribution in [-0.2, 0) is 16.1 Å². The van der Waals surface area contributed by atoms with E-state index in [4.69, 9.17) is 23.5 Å². The highest BCUT2D eigenvalue weighted by Crippen LogP contribution is 2.28. The molecule has 3 aromatic rings. The van der Waals surface area contributed by atoms with E-state index in [1.165, 1.54) is 6.08 Å². The summed E-state index contributed by atoms with van der Waals surface area (Å²) in [5.74, 6) is 2.04. The van der Waals surface area contributed by atoms with Crippen LogP contribution in [0.15, 0.2) is 59.1 Å². The number of methoxy groups -OCH3 is 3. The number of hydrogen-bond donors (Lipinski definition) is 0. The normalized spacial score (nSPS) is 10.7. The summed E-state index contributed by atoms with van der Waals surface area (Å²) in [5, 5.41) is 3.93. The Kier molecular flexibility index (Phi) is 6.52. The first kappa shape index (κ1) is 20.0. The molecule has 0 N–H and O–H groups in total. The Morgan fingerprint density at radius 3 is 2.41 bits per heavy atom. The highest BCUT2D eigenvalue weighted by molar-refractivity contribution is 5.87. The molecule has 0 aliphatic heterocycles. The Hall–Kier alpha value is -3.74. The summed E-state index contributed by atoms with van der Waals surface area (Å²) in [5.41, 5.74) is 2.15. The summed E-state index contributed by atoms with van der Waals surface area (Å²) in [6.45, 7) is 0.00869. The highest BCUT2D eigenvalue weighted by Gasteiger charge is 2.09. The van der Waals surface area contributed by atoms with Crippen LogP contribution in [0.1, 0.15) is 11.3 Å². The molecular formula is C22H21NO6. The topological polar surface area (TPSA) is 80.0 Å². The quantitative estimate of drug-likeness (QED) is 0.419. The number of ether oxygens (including phenoxy) is 4. The van der Waals surface area contributed by atoms with Crippen molar-refractivity contribution in [3.05, 3.63) is 65.9 Å². The summed E-state index contributed by atoms with van der Waals surface area (Å²) in [6.07, 6.45) is 2.97. The first-order valence-electron chi connectivity index (χ1n) is 8.80. The third-order valence-corrected chi connectivity index (χ3v) is 4.12. The minimum atomic E-state index is -0.492. The van der Waals surface area contributed by atoms with Crippen LogP contribution in [0.3, 0.4) is 0 Å². The van der Waals surface area contributed by atoms with Gasteiger partial charge in [-0.05, 0) is 48.0 Å². The number of hydrogen-bond acceptors (Lipinski definition) is 7. The van der Waals surface area contributed by atoms with Crippen LogP contribution in [0.5, 0.6) is 17.2 Å². The van der Waals surface area contributed by atoms with Crippen molar-refractivity contribution in [2.75, 3.05) is 21.3 Å². The zero-order chi connectivity index (χ0) is 20.6. The van der Waals surface area contributed by atoms with Crippen LogP contribution in [0.2, 0.25) is 0 Å². The van der Waals surface area contributed by atoms with E-state index >= 15 is 0 Å². The second-order valence-corrected chi connectivity index (χ2v) is 5.97. The first-order chi connectivity index (χ1) is 14.1. The summed E-state index contributed by atoms with van der Waals surface area (Å²) in [6, 6.07) is 14.5. The van der Waals surface area contributed by atoms with Crippen molar-refractivity contribution in [3.8, 4) is 28.6 Å². The van der Waals surface area contributed by atoms with Crippen molar-refractivity contribution in [1.29, 1.82) is 0 Å². The van der Waals surface area contributed by atoms with Gasteiger partial charge in [0.15, 0.2) is 17.3 Å². The van der Waals surface area contributed by atoms with Gasteiger partial charge >= 0.3 is 5.97 Å². The van der Waals surface area contributed by atoms with Crippen LogP contribution >= 0.6 is 0 Å². The van der Waals surface area contributed by atoms with E-state index in [1.54, 1.807) is 45.6 Å². The summed E-state index contributed by atoms with van der Waals surface area (Å²) < 4.78 is 26.1. The molecule has 1 aromatic heterocycles. The standard InChI is InChI=1S/C22H21NO6/c1-25-18-8-6-16(7-9-18)20-13-17(23-29-20)14-28-22(24)11-5-15-4-10-19(26-2)21(12-15)27-3/h4-13H,14H2,1-3H3/b11-5-. The van der Waals surface area contributed by atoms with Crippen molar-refractivity contribution < 1.29 is 28.3 Å². The lowest BCUT2D eigenvalue weighted by Crippen LogP contribution is -2.00. The molecule has 3 rings (SSSR count). The van der Waals surface area contributed by atoms with E-state index in [0.717, 1.165) is 16.9 Å². The first-order valence-corrected chi connectivity index (χ1v) is 8.80. The summed E-state index contributed by atoms with van der Waals surface area (Å²) >= 11 is 0. The molecule has 7 heteroatoms. The van der Waals surface area contributed by atoms with E-state index in [2.05, 4.69) is 5.16 Å². The average Bonchev–Trinajstić information content (AvgIpc) is 3.25. The lowest BCUT2D eigenvalue weighted by molar-refractivity contribution is -0.139. The number of nitrogens with zero attached hydrogens (tertiary/aromatic N) is 1. The van der Waals surface area contributed by atoms with Gasteiger partial charge in [0.1, 0.15) is 18.1 Å². The number of carbonyl (C=O) groups excluding carboxylic acids is 1. The Bertz CT molecular complexity index is 991. The number of carbonyl (C=O) groups is 1. The van der Waals surface area contributed by atoms with Crippen LogP contribution in [0.4, 0.5) is 0 Å². The van der Waals surface area contributed by atoms with Gasteiger partial charge in [-0.3, -0.25) is 0 Å². The summed E-state index contributed by atoms with van der Waals surface area (Å²) in [7, 11) is 4.72. The molecule has 1 heterocycles.